The average Bonchev–Trinajstić information content (AvgIpc) is 3.08. The molecule has 9 heteroatoms. The topological polar surface area (TPSA) is 55.8 Å². The van der Waals surface area contributed by atoms with E-state index in [1.54, 1.807) is 48.5 Å². The molecular formula is C26H20Cl3NO4S. The van der Waals surface area contributed by atoms with Crippen LogP contribution in [0.3, 0.4) is 0 Å². The highest BCUT2D eigenvalue weighted by molar-refractivity contribution is 8.18. The number of benzene rings is 3. The lowest BCUT2D eigenvalue weighted by atomic mass is 10.1. The molecule has 5 nitrogen and oxygen atoms in total. The third kappa shape index (κ3) is 6.14. The standard InChI is InChI=1S/C26H20Cl3NO4S/c1-2-33-23-11-16(7-10-22(23)34-15-18-5-3-4-6-20(18)28)12-24-25(31)30(26(32)35-24)14-17-8-9-19(27)13-21(17)29/h3-13H,2,14-15H2,1H3/b24-12-. The molecule has 2 amide bonds. The summed E-state index contributed by atoms with van der Waals surface area (Å²) in [5, 5.41) is 1.14. The zero-order chi connectivity index (χ0) is 24.9. The summed E-state index contributed by atoms with van der Waals surface area (Å²) in [6.45, 7) is 2.66. The van der Waals surface area contributed by atoms with Crippen LogP contribution in [-0.2, 0) is 17.9 Å². The Balaban J connectivity index is 1.52. The Bertz CT molecular complexity index is 1310. The van der Waals surface area contributed by atoms with Gasteiger partial charge in [0.05, 0.1) is 18.1 Å². The Morgan fingerprint density at radius 3 is 2.43 bits per heavy atom. The van der Waals surface area contributed by atoms with Crippen molar-refractivity contribution in [1.29, 1.82) is 0 Å². The van der Waals surface area contributed by atoms with Gasteiger partial charge in [-0.3, -0.25) is 14.5 Å². The van der Waals surface area contributed by atoms with Crippen LogP contribution in [0, 0.1) is 0 Å². The van der Waals surface area contributed by atoms with E-state index < -0.39 is 0 Å². The molecule has 1 heterocycles. The minimum atomic E-state index is -0.386. The number of ether oxygens (including phenoxy) is 2. The fraction of sp³-hybridized carbons (Fsp3) is 0.154. The molecule has 0 bridgehead atoms. The molecule has 0 aromatic heterocycles. The maximum Gasteiger partial charge on any atom is 0.293 e. The largest absolute Gasteiger partial charge is 0.490 e. The quantitative estimate of drug-likeness (QED) is 0.268. The van der Waals surface area contributed by atoms with Gasteiger partial charge in [0.25, 0.3) is 11.1 Å². The number of thioether (sulfide) groups is 1. The van der Waals surface area contributed by atoms with E-state index in [0.29, 0.717) is 49.2 Å². The Labute approximate surface area is 222 Å². The highest BCUT2D eigenvalue weighted by atomic mass is 35.5. The molecule has 35 heavy (non-hydrogen) atoms. The maximum absolute atomic E-state index is 13.0. The molecule has 1 saturated heterocycles. The van der Waals surface area contributed by atoms with Crippen molar-refractivity contribution in [3.63, 3.8) is 0 Å². The number of rotatable bonds is 8. The molecule has 0 N–H and O–H groups in total. The van der Waals surface area contributed by atoms with Crippen LogP contribution in [0.5, 0.6) is 11.5 Å². The van der Waals surface area contributed by atoms with Gasteiger partial charge in [-0.15, -0.1) is 0 Å². The summed E-state index contributed by atoms with van der Waals surface area (Å²) >= 11 is 19.3. The highest BCUT2D eigenvalue weighted by Crippen LogP contribution is 2.36. The van der Waals surface area contributed by atoms with Gasteiger partial charge in [-0.1, -0.05) is 65.1 Å². The fourth-order valence-electron chi connectivity index (χ4n) is 3.38. The van der Waals surface area contributed by atoms with E-state index >= 15 is 0 Å². The van der Waals surface area contributed by atoms with Gasteiger partial charge < -0.3 is 9.47 Å². The van der Waals surface area contributed by atoms with E-state index in [2.05, 4.69) is 0 Å². The van der Waals surface area contributed by atoms with Crippen molar-refractivity contribution in [3.8, 4) is 11.5 Å². The van der Waals surface area contributed by atoms with Crippen molar-refractivity contribution >= 4 is 63.8 Å². The Hall–Kier alpha value is -2.64. The van der Waals surface area contributed by atoms with Gasteiger partial charge in [0.2, 0.25) is 0 Å². The van der Waals surface area contributed by atoms with Gasteiger partial charge in [0, 0.05) is 20.6 Å². The first kappa shape index (κ1) is 25.5. The number of amides is 2. The van der Waals surface area contributed by atoms with Crippen molar-refractivity contribution in [1.82, 2.24) is 4.90 Å². The van der Waals surface area contributed by atoms with Crippen LogP contribution in [0.4, 0.5) is 4.79 Å². The van der Waals surface area contributed by atoms with Crippen LogP contribution in [-0.4, -0.2) is 22.7 Å². The number of nitrogens with zero attached hydrogens (tertiary/aromatic N) is 1. The van der Waals surface area contributed by atoms with Gasteiger partial charge in [0.15, 0.2) is 11.5 Å². The van der Waals surface area contributed by atoms with E-state index in [4.69, 9.17) is 44.3 Å². The minimum Gasteiger partial charge on any atom is -0.490 e. The monoisotopic (exact) mass is 547 g/mol. The van der Waals surface area contributed by atoms with E-state index in [0.717, 1.165) is 22.2 Å². The van der Waals surface area contributed by atoms with E-state index in [1.165, 1.54) is 0 Å². The normalized spacial score (nSPS) is 14.6. The first-order chi connectivity index (χ1) is 16.9. The van der Waals surface area contributed by atoms with Crippen LogP contribution in [0.15, 0.2) is 65.6 Å². The third-order valence-electron chi connectivity index (χ3n) is 5.12. The summed E-state index contributed by atoms with van der Waals surface area (Å²) in [5.74, 6) is 0.693. The van der Waals surface area contributed by atoms with E-state index in [9.17, 15) is 9.59 Å². The first-order valence-electron chi connectivity index (χ1n) is 10.7. The lowest BCUT2D eigenvalue weighted by Crippen LogP contribution is -2.27. The number of halogens is 3. The van der Waals surface area contributed by atoms with Gasteiger partial charge in [-0.25, -0.2) is 0 Å². The summed E-state index contributed by atoms with van der Waals surface area (Å²) in [6, 6.07) is 17.7. The predicted molar refractivity (Wildman–Crippen MR) is 141 cm³/mol. The average molecular weight is 549 g/mol. The van der Waals surface area contributed by atoms with Crippen molar-refractivity contribution in [2.24, 2.45) is 0 Å². The Morgan fingerprint density at radius 2 is 1.69 bits per heavy atom. The molecule has 0 unspecified atom stereocenters. The maximum atomic E-state index is 13.0. The second kappa shape index (κ2) is 11.4. The molecule has 0 saturated carbocycles. The second-order valence-electron chi connectivity index (χ2n) is 7.52. The molecule has 0 radical (unpaired) electrons. The molecule has 3 aromatic carbocycles. The Morgan fingerprint density at radius 1 is 0.886 bits per heavy atom. The molecule has 0 spiro atoms. The van der Waals surface area contributed by atoms with E-state index in [1.807, 2.05) is 25.1 Å². The number of carbonyl (C=O) groups excluding carboxylic acids is 2. The molecule has 0 aliphatic carbocycles. The molecule has 180 valence electrons. The van der Waals surface area contributed by atoms with Crippen molar-refractivity contribution in [2.75, 3.05) is 6.61 Å². The lowest BCUT2D eigenvalue weighted by molar-refractivity contribution is -0.123. The molecule has 3 aromatic rings. The summed E-state index contributed by atoms with van der Waals surface area (Å²) in [4.78, 5) is 27.0. The molecule has 1 aliphatic rings. The van der Waals surface area contributed by atoms with Crippen molar-refractivity contribution in [2.45, 2.75) is 20.1 Å². The molecule has 1 fully saturated rings. The van der Waals surface area contributed by atoms with Gasteiger partial charge >= 0.3 is 0 Å². The summed E-state index contributed by atoms with van der Waals surface area (Å²) < 4.78 is 11.7. The highest BCUT2D eigenvalue weighted by Gasteiger charge is 2.35. The molecule has 1 aliphatic heterocycles. The third-order valence-corrected chi connectivity index (χ3v) is 6.99. The van der Waals surface area contributed by atoms with Crippen LogP contribution >= 0.6 is 46.6 Å². The lowest BCUT2D eigenvalue weighted by Gasteiger charge is -2.14. The number of hydrogen-bond donors (Lipinski definition) is 0. The summed E-state index contributed by atoms with van der Waals surface area (Å²) in [5.41, 5.74) is 2.20. The van der Waals surface area contributed by atoms with E-state index in [-0.39, 0.29) is 24.3 Å². The van der Waals surface area contributed by atoms with Gasteiger partial charge in [-0.05, 0) is 66.2 Å². The van der Waals surface area contributed by atoms with Crippen LogP contribution < -0.4 is 9.47 Å². The van der Waals surface area contributed by atoms with Crippen LogP contribution in [0.1, 0.15) is 23.6 Å². The zero-order valence-corrected chi connectivity index (χ0v) is 21.7. The zero-order valence-electron chi connectivity index (χ0n) is 18.6. The minimum absolute atomic E-state index is 0.0665. The Kier molecular flexibility index (Phi) is 8.29. The van der Waals surface area contributed by atoms with Crippen molar-refractivity contribution < 1.29 is 19.1 Å². The fourth-order valence-corrected chi connectivity index (χ4v) is 4.88. The van der Waals surface area contributed by atoms with Crippen LogP contribution in [0.2, 0.25) is 15.1 Å². The molecule has 0 atom stereocenters. The summed E-state index contributed by atoms with van der Waals surface area (Å²) in [7, 11) is 0. The summed E-state index contributed by atoms with van der Waals surface area (Å²) in [6.07, 6.45) is 1.66. The second-order valence-corrected chi connectivity index (χ2v) is 9.77. The molecule has 4 rings (SSSR count). The smallest absolute Gasteiger partial charge is 0.293 e. The SMILES string of the molecule is CCOc1cc(/C=C2\SC(=O)N(Cc3ccc(Cl)cc3Cl)C2=O)ccc1OCc1ccccc1Cl. The van der Waals surface area contributed by atoms with Crippen LogP contribution in [0.25, 0.3) is 6.08 Å². The van der Waals surface area contributed by atoms with Gasteiger partial charge in [0.1, 0.15) is 6.61 Å². The van der Waals surface area contributed by atoms with Crippen molar-refractivity contribution in [3.05, 3.63) is 97.3 Å². The number of imide groups is 1. The number of carbonyl (C=O) groups is 2. The first-order valence-corrected chi connectivity index (χ1v) is 12.6. The number of hydrogen-bond acceptors (Lipinski definition) is 5. The van der Waals surface area contributed by atoms with Gasteiger partial charge in [-0.2, -0.15) is 0 Å². The predicted octanol–water partition coefficient (Wildman–Crippen LogP) is 7.86. The molecular weight excluding hydrogens is 529 g/mol.